The Balaban J connectivity index is 1.79. The maximum atomic E-state index is 13.0. The molecule has 0 radical (unpaired) electrons. The van der Waals surface area contributed by atoms with Crippen molar-refractivity contribution in [2.75, 3.05) is 11.9 Å². The molecule has 3 nitrogen and oxygen atoms in total. The Hall–Kier alpha value is -2.14. The molecule has 0 spiro atoms. The molecule has 0 aromatic heterocycles. The van der Waals surface area contributed by atoms with Crippen molar-refractivity contribution in [3.63, 3.8) is 0 Å². The zero-order valence-electron chi connectivity index (χ0n) is 11.0. The van der Waals surface area contributed by atoms with Gasteiger partial charge < -0.3 is 10.6 Å². The fourth-order valence-corrected chi connectivity index (χ4v) is 1.78. The first kappa shape index (κ1) is 15.3. The highest BCUT2D eigenvalue weighted by Gasteiger charge is 2.04. The normalized spacial score (nSPS) is 10.2. The zero-order valence-corrected chi connectivity index (χ0v) is 11.8. The van der Waals surface area contributed by atoms with Gasteiger partial charge in [0.2, 0.25) is 5.91 Å². The lowest BCUT2D eigenvalue weighted by molar-refractivity contribution is -0.119. The minimum atomic E-state index is -0.957. The van der Waals surface area contributed by atoms with Gasteiger partial charge in [0.1, 0.15) is 0 Å². The van der Waals surface area contributed by atoms with Gasteiger partial charge in [0.25, 0.3) is 0 Å². The van der Waals surface area contributed by atoms with Crippen LogP contribution in [0.4, 0.5) is 14.5 Å². The first-order valence-corrected chi connectivity index (χ1v) is 6.62. The van der Waals surface area contributed by atoms with Gasteiger partial charge in [0.05, 0.1) is 6.54 Å². The summed E-state index contributed by atoms with van der Waals surface area (Å²) < 4.78 is 25.7. The monoisotopic (exact) mass is 310 g/mol. The van der Waals surface area contributed by atoms with Crippen LogP contribution in [-0.2, 0) is 11.3 Å². The number of carbonyl (C=O) groups excluding carboxylic acids is 1. The highest BCUT2D eigenvalue weighted by molar-refractivity contribution is 6.30. The SMILES string of the molecule is O=C(CNc1ccc(F)c(F)c1)NCc1ccc(Cl)cc1. The quantitative estimate of drug-likeness (QED) is 0.889. The molecular formula is C15H13ClF2N2O. The van der Waals surface area contributed by atoms with E-state index < -0.39 is 11.6 Å². The van der Waals surface area contributed by atoms with Crippen molar-refractivity contribution in [1.82, 2.24) is 5.32 Å². The second-order valence-electron chi connectivity index (χ2n) is 4.39. The van der Waals surface area contributed by atoms with E-state index in [9.17, 15) is 13.6 Å². The first-order chi connectivity index (χ1) is 10.0. The van der Waals surface area contributed by atoms with Crippen molar-refractivity contribution in [3.05, 3.63) is 64.7 Å². The standard InChI is InChI=1S/C15H13ClF2N2O/c16-11-3-1-10(2-4-11)8-20-15(21)9-19-12-5-6-13(17)14(18)7-12/h1-7,19H,8-9H2,(H,20,21). The maximum absolute atomic E-state index is 13.0. The largest absolute Gasteiger partial charge is 0.376 e. The molecule has 0 saturated carbocycles. The van der Waals surface area contributed by atoms with E-state index in [1.165, 1.54) is 6.07 Å². The predicted octanol–water partition coefficient (Wildman–Crippen LogP) is 3.35. The van der Waals surface area contributed by atoms with E-state index in [2.05, 4.69) is 10.6 Å². The third-order valence-electron chi connectivity index (χ3n) is 2.78. The van der Waals surface area contributed by atoms with Gasteiger partial charge in [-0.15, -0.1) is 0 Å². The average Bonchev–Trinajstić information content (AvgIpc) is 2.48. The van der Waals surface area contributed by atoms with E-state index in [4.69, 9.17) is 11.6 Å². The van der Waals surface area contributed by atoms with Crippen molar-refractivity contribution in [1.29, 1.82) is 0 Å². The van der Waals surface area contributed by atoms with Gasteiger partial charge in [0, 0.05) is 23.3 Å². The third-order valence-corrected chi connectivity index (χ3v) is 3.03. The van der Waals surface area contributed by atoms with Gasteiger partial charge in [-0.3, -0.25) is 4.79 Å². The molecule has 1 amide bonds. The number of anilines is 1. The second kappa shape index (κ2) is 7.04. The Morgan fingerprint density at radius 3 is 2.43 bits per heavy atom. The summed E-state index contributed by atoms with van der Waals surface area (Å²) in [7, 11) is 0. The Labute approximate surface area is 125 Å². The van der Waals surface area contributed by atoms with Gasteiger partial charge in [-0.2, -0.15) is 0 Å². The van der Waals surface area contributed by atoms with Crippen LogP contribution in [-0.4, -0.2) is 12.5 Å². The van der Waals surface area contributed by atoms with Crippen LogP contribution in [0.3, 0.4) is 0 Å². The van der Waals surface area contributed by atoms with Gasteiger partial charge in [-0.25, -0.2) is 8.78 Å². The van der Waals surface area contributed by atoms with Gasteiger partial charge in [-0.05, 0) is 29.8 Å². The van der Waals surface area contributed by atoms with Gasteiger partial charge in [0.15, 0.2) is 11.6 Å². The molecule has 0 aliphatic rings. The molecule has 0 aliphatic heterocycles. The average molecular weight is 311 g/mol. The fraction of sp³-hybridized carbons (Fsp3) is 0.133. The van der Waals surface area contributed by atoms with Crippen LogP contribution in [0.1, 0.15) is 5.56 Å². The van der Waals surface area contributed by atoms with Crippen LogP contribution in [0.15, 0.2) is 42.5 Å². The van der Waals surface area contributed by atoms with Crippen LogP contribution in [0.25, 0.3) is 0 Å². The second-order valence-corrected chi connectivity index (χ2v) is 4.82. The minimum absolute atomic E-state index is 0.0291. The number of hydrogen-bond acceptors (Lipinski definition) is 2. The number of carbonyl (C=O) groups is 1. The molecule has 6 heteroatoms. The molecule has 0 aliphatic carbocycles. The van der Waals surface area contributed by atoms with Crippen molar-refractivity contribution in [2.24, 2.45) is 0 Å². The van der Waals surface area contributed by atoms with E-state index in [1.807, 2.05) is 12.1 Å². The molecular weight excluding hydrogens is 298 g/mol. The number of benzene rings is 2. The predicted molar refractivity (Wildman–Crippen MR) is 78.1 cm³/mol. The lowest BCUT2D eigenvalue weighted by Gasteiger charge is -2.08. The van der Waals surface area contributed by atoms with E-state index in [0.717, 1.165) is 17.7 Å². The fourth-order valence-electron chi connectivity index (χ4n) is 1.65. The van der Waals surface area contributed by atoms with Gasteiger partial charge in [-0.1, -0.05) is 23.7 Å². The first-order valence-electron chi connectivity index (χ1n) is 6.24. The summed E-state index contributed by atoms with van der Waals surface area (Å²) in [6.45, 7) is 0.341. The van der Waals surface area contributed by atoms with Crippen molar-refractivity contribution in [3.8, 4) is 0 Å². The highest BCUT2D eigenvalue weighted by atomic mass is 35.5. The van der Waals surface area contributed by atoms with Crippen molar-refractivity contribution < 1.29 is 13.6 Å². The van der Waals surface area contributed by atoms with Gasteiger partial charge >= 0.3 is 0 Å². The Bertz CT molecular complexity index is 632. The number of hydrogen-bond donors (Lipinski definition) is 2. The molecule has 2 N–H and O–H groups in total. The van der Waals surface area contributed by atoms with E-state index in [0.29, 0.717) is 17.3 Å². The molecule has 0 heterocycles. The topological polar surface area (TPSA) is 41.1 Å². The molecule has 0 atom stereocenters. The van der Waals surface area contributed by atoms with Crippen LogP contribution in [0.5, 0.6) is 0 Å². The Kier molecular flexibility index (Phi) is 5.11. The highest BCUT2D eigenvalue weighted by Crippen LogP contribution is 2.12. The Morgan fingerprint density at radius 2 is 1.76 bits per heavy atom. The van der Waals surface area contributed by atoms with Crippen LogP contribution in [0.2, 0.25) is 5.02 Å². The lowest BCUT2D eigenvalue weighted by atomic mass is 10.2. The molecule has 0 saturated heterocycles. The molecule has 0 unspecified atom stereocenters. The van der Waals surface area contributed by atoms with Crippen LogP contribution >= 0.6 is 11.6 Å². The summed E-state index contributed by atoms with van der Waals surface area (Å²) in [4.78, 5) is 11.6. The van der Waals surface area contributed by atoms with Crippen LogP contribution < -0.4 is 10.6 Å². The summed E-state index contributed by atoms with van der Waals surface area (Å²) in [6.07, 6.45) is 0. The van der Waals surface area contributed by atoms with Crippen molar-refractivity contribution in [2.45, 2.75) is 6.54 Å². The molecule has 2 aromatic carbocycles. The summed E-state index contributed by atoms with van der Waals surface area (Å²) >= 11 is 5.76. The third kappa shape index (κ3) is 4.72. The minimum Gasteiger partial charge on any atom is -0.376 e. The molecule has 2 aromatic rings. The molecule has 0 fully saturated rings. The number of rotatable bonds is 5. The smallest absolute Gasteiger partial charge is 0.239 e. The molecule has 110 valence electrons. The summed E-state index contributed by atoms with van der Waals surface area (Å²) in [6, 6.07) is 10.5. The Morgan fingerprint density at radius 1 is 1.05 bits per heavy atom. The van der Waals surface area contributed by atoms with E-state index >= 15 is 0 Å². The van der Waals surface area contributed by atoms with Crippen LogP contribution in [0, 0.1) is 11.6 Å². The molecule has 21 heavy (non-hydrogen) atoms. The zero-order chi connectivity index (χ0) is 15.2. The maximum Gasteiger partial charge on any atom is 0.239 e. The number of halogens is 3. The molecule has 0 bridgehead atoms. The lowest BCUT2D eigenvalue weighted by Crippen LogP contribution is -2.29. The molecule has 2 rings (SSSR count). The summed E-state index contributed by atoms with van der Waals surface area (Å²) in [5.74, 6) is -2.14. The summed E-state index contributed by atoms with van der Waals surface area (Å²) in [5, 5.41) is 6.05. The van der Waals surface area contributed by atoms with E-state index in [-0.39, 0.29) is 12.5 Å². The van der Waals surface area contributed by atoms with Crippen molar-refractivity contribution >= 4 is 23.2 Å². The van der Waals surface area contributed by atoms with E-state index in [1.54, 1.807) is 12.1 Å². The number of nitrogens with one attached hydrogen (secondary N) is 2. The number of amides is 1. The summed E-state index contributed by atoms with van der Waals surface area (Å²) in [5.41, 5.74) is 1.26.